The molecule has 0 unspecified atom stereocenters. The molecule has 0 saturated heterocycles. The Kier molecular flexibility index (Phi) is 33.0. The first-order valence-electron chi connectivity index (χ1n) is 21.6. The SMILES string of the molecule is CC(=N)N.CC(=N)NC(=O)c1ccccc1.CC(=N)NC(=O)c1ccccc1.Cc1cc(C)c(-n2nc(C)nc2-c2ccccc2)c(C)c1.Cc1cc(C)c(NN)c(C)c1.Cl.O=C(Cl)c1ccccc1.[Na+].[OH-]. The van der Waals surface area contributed by atoms with Crippen LogP contribution in [0.5, 0.6) is 0 Å². The number of aromatic nitrogens is 3. The molecule has 0 atom stereocenters. The van der Waals surface area contributed by atoms with Gasteiger partial charge in [-0.15, -0.1) is 12.4 Å². The van der Waals surface area contributed by atoms with Crippen molar-refractivity contribution in [1.82, 2.24) is 25.4 Å². The minimum Gasteiger partial charge on any atom is -0.870 e. The Morgan fingerprint density at radius 2 is 0.889 bits per heavy atom. The van der Waals surface area contributed by atoms with Crippen LogP contribution in [0.2, 0.25) is 0 Å². The largest absolute Gasteiger partial charge is 1.00 e. The number of hydrazine groups is 1. The summed E-state index contributed by atoms with van der Waals surface area (Å²) < 4.78 is 1.97. The van der Waals surface area contributed by atoms with Gasteiger partial charge >= 0.3 is 29.6 Å². The van der Waals surface area contributed by atoms with Crippen LogP contribution in [0.1, 0.15) is 91.1 Å². The fourth-order valence-corrected chi connectivity index (χ4v) is 6.62. The van der Waals surface area contributed by atoms with Gasteiger partial charge in [-0.25, -0.2) is 9.67 Å². The zero-order valence-corrected chi connectivity index (χ0v) is 46.4. The van der Waals surface area contributed by atoms with Crippen LogP contribution in [0, 0.1) is 64.7 Å². The molecule has 0 aliphatic carbocycles. The summed E-state index contributed by atoms with van der Waals surface area (Å²) in [6.45, 7) is 19.1. The average Bonchev–Trinajstić information content (AvgIpc) is 3.68. The van der Waals surface area contributed by atoms with Gasteiger partial charge in [-0.2, -0.15) is 5.10 Å². The van der Waals surface area contributed by atoms with Crippen LogP contribution in [0.3, 0.4) is 0 Å². The molecule has 6 aromatic carbocycles. The van der Waals surface area contributed by atoms with Crippen LogP contribution in [0.15, 0.2) is 146 Å². The number of rotatable bonds is 6. The van der Waals surface area contributed by atoms with Crippen molar-refractivity contribution in [2.45, 2.75) is 69.2 Å². The maximum absolute atomic E-state index is 11.2. The molecule has 2 amide bonds. The Bertz CT molecular complexity index is 2680. The molecule has 18 heteroatoms. The second kappa shape index (κ2) is 35.3. The number of anilines is 1. The van der Waals surface area contributed by atoms with Gasteiger partial charge < -0.3 is 27.3 Å². The molecule has 11 N–H and O–H groups in total. The number of halogens is 2. The van der Waals surface area contributed by atoms with Gasteiger partial charge in [-0.3, -0.25) is 36.5 Å². The fraction of sp³-hybridized carbons (Fsp3) is 0.185. The van der Waals surface area contributed by atoms with E-state index in [0.717, 1.165) is 28.6 Å². The second-order valence-electron chi connectivity index (χ2n) is 15.6. The molecule has 7 rings (SSSR count). The van der Waals surface area contributed by atoms with Gasteiger partial charge in [0.1, 0.15) is 5.82 Å². The Morgan fingerprint density at radius 1 is 0.569 bits per heavy atom. The zero-order valence-electron chi connectivity index (χ0n) is 42.8. The van der Waals surface area contributed by atoms with Gasteiger partial charge in [-0.1, -0.05) is 132 Å². The summed E-state index contributed by atoms with van der Waals surface area (Å²) in [4.78, 5) is 37.4. The molecule has 0 radical (unpaired) electrons. The molecule has 0 aliphatic rings. The maximum atomic E-state index is 11.2. The van der Waals surface area contributed by atoms with Crippen molar-refractivity contribution >= 4 is 64.3 Å². The molecule has 0 bridgehead atoms. The van der Waals surface area contributed by atoms with Gasteiger partial charge in [0, 0.05) is 22.3 Å². The summed E-state index contributed by atoms with van der Waals surface area (Å²) in [7, 11) is 0. The number of amidine groups is 3. The Labute approximate surface area is 457 Å². The van der Waals surface area contributed by atoms with E-state index < -0.39 is 5.24 Å². The number of benzene rings is 6. The van der Waals surface area contributed by atoms with Crippen LogP contribution < -0.4 is 57.2 Å². The smallest absolute Gasteiger partial charge is 0.870 e. The summed E-state index contributed by atoms with van der Waals surface area (Å²) in [6, 6.07) is 45.2. The van der Waals surface area contributed by atoms with Crippen molar-refractivity contribution in [3.05, 3.63) is 201 Å². The summed E-state index contributed by atoms with van der Waals surface area (Å²) in [6.07, 6.45) is 0. The van der Waals surface area contributed by atoms with Gasteiger partial charge in [0.2, 0.25) is 0 Å². The minimum absolute atomic E-state index is 0. The first-order chi connectivity index (χ1) is 32.6. The van der Waals surface area contributed by atoms with E-state index in [0.29, 0.717) is 16.7 Å². The second-order valence-corrected chi connectivity index (χ2v) is 16.0. The third-order valence-electron chi connectivity index (χ3n) is 9.09. The van der Waals surface area contributed by atoms with Gasteiger partial charge in [0.05, 0.1) is 28.9 Å². The molecule has 376 valence electrons. The van der Waals surface area contributed by atoms with Crippen molar-refractivity contribution < 1.29 is 49.4 Å². The number of hydrogen-bond acceptors (Lipinski definition) is 11. The predicted molar refractivity (Wildman–Crippen MR) is 292 cm³/mol. The molecule has 0 saturated carbocycles. The molecule has 1 heterocycles. The van der Waals surface area contributed by atoms with E-state index in [1.54, 1.807) is 72.8 Å². The number of nitrogens with one attached hydrogen (secondary N) is 6. The molecule has 1 aromatic heterocycles. The summed E-state index contributed by atoms with van der Waals surface area (Å²) >= 11 is 5.16. The van der Waals surface area contributed by atoms with Gasteiger partial charge in [0.25, 0.3) is 17.1 Å². The van der Waals surface area contributed by atoms with E-state index in [9.17, 15) is 14.4 Å². The molecule has 15 nitrogen and oxygen atoms in total. The van der Waals surface area contributed by atoms with Crippen LogP contribution in [-0.4, -0.2) is 54.8 Å². The van der Waals surface area contributed by atoms with Crippen molar-refractivity contribution in [1.29, 1.82) is 16.2 Å². The number of hydrogen-bond donors (Lipinski definition) is 8. The van der Waals surface area contributed by atoms with E-state index in [4.69, 9.17) is 39.4 Å². The third kappa shape index (κ3) is 24.8. The first kappa shape index (κ1) is 67.3. The quantitative estimate of drug-likeness (QED) is 0.0199. The Balaban J connectivity index is 0. The monoisotopic (exact) mass is 1030 g/mol. The number of nitrogens with zero attached hydrogens (tertiary/aromatic N) is 3. The average molecular weight is 1030 g/mol. The molecular formula is C54H66Cl2N11NaO4. The molecular weight excluding hydrogens is 961 g/mol. The van der Waals surface area contributed by atoms with E-state index in [1.165, 1.54) is 54.2 Å². The topological polar surface area (TPSA) is 272 Å². The standard InChI is InChI=1S/C18H19N3.2C9H10N2O.C9H14N2.C7H5ClO.C2H6N2.ClH.Na.H2O/c1-12-10-13(2)17(14(3)11-12)21-18(19-15(4)20-21)16-8-6-5-7-9-16;2*1-7(10)11-9(12)8-5-3-2-4-6-8;1-6-4-7(2)9(11-10)8(3)5-6;8-7(9)6-4-2-1-3-5-6;1-2(3)4;;;/h5-11H,1-4H3;2*2-6H,1H3,(H2,10,11,12);4-5,11H,10H2,1-3H3;1-5H;1H3,(H3,3,4);1H;;1H2/q;;;;;;;+1;/p-1. The number of carbonyl (C=O) groups excluding carboxylic acids is 3. The number of amides is 2. The van der Waals surface area contributed by atoms with E-state index in [1.807, 2.05) is 48.0 Å². The van der Waals surface area contributed by atoms with E-state index in [-0.39, 0.29) is 76.8 Å². The Hall–Kier alpha value is -6.82. The molecule has 72 heavy (non-hydrogen) atoms. The van der Waals surface area contributed by atoms with Crippen LogP contribution >= 0.6 is 24.0 Å². The third-order valence-corrected chi connectivity index (χ3v) is 9.31. The first-order valence-corrected chi connectivity index (χ1v) is 22.0. The normalized spacial score (nSPS) is 9.17. The molecule has 7 aromatic rings. The summed E-state index contributed by atoms with van der Waals surface area (Å²) in [5.74, 6) is 7.04. The van der Waals surface area contributed by atoms with Crippen molar-refractivity contribution in [3.63, 3.8) is 0 Å². The van der Waals surface area contributed by atoms with Crippen LogP contribution in [-0.2, 0) is 0 Å². The van der Waals surface area contributed by atoms with E-state index in [2.05, 4.69) is 104 Å². The minimum atomic E-state index is -0.407. The number of nitrogens with two attached hydrogens (primary N) is 2. The molecule has 0 spiro atoms. The van der Waals surface area contributed by atoms with Crippen molar-refractivity contribution in [2.24, 2.45) is 11.6 Å². The fourth-order valence-electron chi connectivity index (χ4n) is 6.49. The van der Waals surface area contributed by atoms with Crippen molar-refractivity contribution in [2.75, 3.05) is 5.43 Å². The maximum Gasteiger partial charge on any atom is 1.00 e. The molecule has 0 fully saturated rings. The Morgan fingerprint density at radius 3 is 1.19 bits per heavy atom. The number of carbonyl (C=O) groups is 3. The van der Waals surface area contributed by atoms with Crippen LogP contribution in [0.25, 0.3) is 17.1 Å². The summed E-state index contributed by atoms with van der Waals surface area (Å²) in [5, 5.41) is 29.4. The number of nitrogen functional groups attached to an aromatic ring is 1. The van der Waals surface area contributed by atoms with Crippen molar-refractivity contribution in [3.8, 4) is 17.1 Å². The zero-order chi connectivity index (χ0) is 51.6. The number of aryl methyl sites for hydroxylation is 7. The molecule has 0 aliphatic heterocycles. The van der Waals surface area contributed by atoms with Crippen LogP contribution in [0.4, 0.5) is 5.69 Å². The summed E-state index contributed by atoms with van der Waals surface area (Å²) in [5.41, 5.74) is 19.7. The predicted octanol–water partition coefficient (Wildman–Crippen LogP) is 8.15. The van der Waals surface area contributed by atoms with Gasteiger partial charge in [0.15, 0.2) is 5.82 Å². The van der Waals surface area contributed by atoms with Gasteiger partial charge in [-0.05, 0) is 127 Å². The van der Waals surface area contributed by atoms with E-state index >= 15 is 0 Å².